The number of para-hydroxylation sites is 1. The summed E-state index contributed by atoms with van der Waals surface area (Å²) in [5, 5.41) is 0. The Balaban J connectivity index is 3.19. The fourth-order valence-corrected chi connectivity index (χ4v) is 4.73. The molecule has 0 bridgehead atoms. The normalized spacial score (nSPS) is 17.1. The van der Waals surface area contributed by atoms with Crippen molar-refractivity contribution in [1.29, 1.82) is 0 Å². The molecule has 0 aliphatic heterocycles. The van der Waals surface area contributed by atoms with Gasteiger partial charge in [-0.25, -0.2) is 0 Å². The lowest BCUT2D eigenvalue weighted by Gasteiger charge is -2.49. The Hall–Kier alpha value is 0.110. The zero-order chi connectivity index (χ0) is 14.7. The van der Waals surface area contributed by atoms with Crippen LogP contribution in [0.15, 0.2) is 30.3 Å². The Kier molecular flexibility index (Phi) is 6.06. The molecule has 0 spiro atoms. The van der Waals surface area contributed by atoms with Crippen LogP contribution in [0.5, 0.6) is 0 Å². The predicted octanol–water partition coefficient (Wildman–Crippen LogP) is 4.43. The molecule has 110 valence electrons. The maximum Gasteiger partial charge on any atom is 0.325 e. The van der Waals surface area contributed by atoms with E-state index >= 15 is 0 Å². The van der Waals surface area contributed by atoms with Crippen LogP contribution in [0, 0.1) is 0 Å². The molecule has 0 radical (unpaired) electrons. The minimum Gasteiger partial charge on any atom is -0.268 e. The van der Waals surface area contributed by atoms with E-state index in [1.165, 1.54) is 15.1 Å². The molecule has 0 heterocycles. The third-order valence-corrected chi connectivity index (χ3v) is 5.91. The first-order valence-corrected chi connectivity index (χ1v) is 8.06. The standard InChI is InChI=1S/C10H15Cl2FN2O2S2/c1-14(2)19(16,17-3)15(18-10(11,12)13)9-7-5-4-6-8-9/h4-8,16H,1-3H3. The van der Waals surface area contributed by atoms with Crippen LogP contribution in [-0.4, -0.2) is 34.0 Å². The lowest BCUT2D eigenvalue weighted by molar-refractivity contribution is 0.349. The van der Waals surface area contributed by atoms with Gasteiger partial charge in [0.25, 0.3) is 0 Å². The van der Waals surface area contributed by atoms with Gasteiger partial charge in [0.2, 0.25) is 0 Å². The number of anilines is 1. The van der Waals surface area contributed by atoms with Crippen LogP contribution in [0.4, 0.5) is 10.1 Å². The highest BCUT2D eigenvalue weighted by molar-refractivity contribution is 8.33. The van der Waals surface area contributed by atoms with Crippen molar-refractivity contribution in [3.8, 4) is 0 Å². The van der Waals surface area contributed by atoms with Crippen LogP contribution in [0.2, 0.25) is 0 Å². The average Bonchev–Trinajstić information content (AvgIpc) is 2.35. The lowest BCUT2D eigenvalue weighted by atomic mass is 10.3. The molecule has 1 unspecified atom stereocenters. The van der Waals surface area contributed by atoms with Gasteiger partial charge in [-0.3, -0.25) is 8.74 Å². The molecule has 19 heavy (non-hydrogen) atoms. The SMILES string of the molecule is COS(O)(N(C)C)N(SC(F)(Cl)Cl)c1ccccc1. The van der Waals surface area contributed by atoms with Gasteiger partial charge in [-0.2, -0.15) is 12.4 Å². The molecule has 0 aliphatic rings. The Morgan fingerprint density at radius 1 is 1.32 bits per heavy atom. The van der Waals surface area contributed by atoms with Crippen LogP contribution < -0.4 is 3.71 Å². The first kappa shape index (κ1) is 17.2. The van der Waals surface area contributed by atoms with Crippen LogP contribution in [0.1, 0.15) is 0 Å². The summed E-state index contributed by atoms with van der Waals surface area (Å²) in [6, 6.07) is 8.67. The number of alkyl halides is 3. The van der Waals surface area contributed by atoms with E-state index in [1.807, 2.05) is 0 Å². The van der Waals surface area contributed by atoms with Crippen molar-refractivity contribution in [2.24, 2.45) is 0 Å². The largest absolute Gasteiger partial charge is 0.325 e. The topological polar surface area (TPSA) is 35.9 Å². The van der Waals surface area contributed by atoms with Crippen LogP contribution in [0.25, 0.3) is 0 Å². The maximum absolute atomic E-state index is 13.5. The fraction of sp³-hybridized carbons (Fsp3) is 0.400. The molecule has 1 aromatic carbocycles. The molecule has 1 rings (SSSR count). The first-order chi connectivity index (χ1) is 8.70. The van der Waals surface area contributed by atoms with Crippen molar-refractivity contribution >= 4 is 51.8 Å². The number of halogens is 3. The average molecular weight is 349 g/mol. The van der Waals surface area contributed by atoms with Gasteiger partial charge >= 0.3 is 3.92 Å². The molecule has 0 saturated carbocycles. The van der Waals surface area contributed by atoms with E-state index in [-0.39, 0.29) is 0 Å². The van der Waals surface area contributed by atoms with Gasteiger partial charge in [0.05, 0.1) is 12.8 Å². The number of nitrogens with zero attached hydrogens (tertiary/aromatic N) is 2. The summed E-state index contributed by atoms with van der Waals surface area (Å²) in [5.41, 5.74) is 0.517. The van der Waals surface area contributed by atoms with E-state index in [0.29, 0.717) is 17.6 Å². The highest BCUT2D eigenvalue weighted by Gasteiger charge is 2.37. The van der Waals surface area contributed by atoms with Crippen molar-refractivity contribution in [2.75, 3.05) is 24.9 Å². The van der Waals surface area contributed by atoms with Gasteiger partial charge in [0, 0.05) is 26.0 Å². The molecule has 9 heteroatoms. The number of hydrogen-bond acceptors (Lipinski definition) is 5. The summed E-state index contributed by atoms with van der Waals surface area (Å²) >= 11 is 11.2. The molecule has 0 fully saturated rings. The molecule has 0 aromatic heterocycles. The van der Waals surface area contributed by atoms with Gasteiger partial charge in [-0.05, 0) is 23.1 Å². The Morgan fingerprint density at radius 3 is 2.21 bits per heavy atom. The molecule has 0 saturated heterocycles. The molecule has 0 amide bonds. The van der Waals surface area contributed by atoms with E-state index in [1.54, 1.807) is 44.4 Å². The summed E-state index contributed by atoms with van der Waals surface area (Å²) in [5.74, 6) is 0. The summed E-state index contributed by atoms with van der Waals surface area (Å²) in [4.78, 5) is 0. The molecule has 1 atom stereocenters. The molecule has 1 N–H and O–H groups in total. The second-order valence-electron chi connectivity index (χ2n) is 3.58. The van der Waals surface area contributed by atoms with Gasteiger partial charge in [-0.1, -0.05) is 41.4 Å². The molecule has 1 aromatic rings. The second kappa shape index (κ2) is 6.71. The molecule has 4 nitrogen and oxygen atoms in total. The fourth-order valence-electron chi connectivity index (χ4n) is 1.25. The minimum absolute atomic E-state index is 0.433. The van der Waals surface area contributed by atoms with Crippen LogP contribution >= 0.6 is 46.1 Å². The zero-order valence-corrected chi connectivity index (χ0v) is 13.7. The predicted molar refractivity (Wildman–Crippen MR) is 83.0 cm³/mol. The van der Waals surface area contributed by atoms with E-state index in [9.17, 15) is 8.94 Å². The second-order valence-corrected chi connectivity index (χ2v) is 8.97. The van der Waals surface area contributed by atoms with Gasteiger partial charge < -0.3 is 0 Å². The van der Waals surface area contributed by atoms with E-state index < -0.39 is 14.9 Å². The van der Waals surface area contributed by atoms with Crippen molar-refractivity contribution in [2.45, 2.75) is 3.92 Å². The van der Waals surface area contributed by atoms with E-state index in [0.717, 1.165) is 0 Å². The first-order valence-electron chi connectivity index (χ1n) is 5.11. The van der Waals surface area contributed by atoms with Crippen LogP contribution in [-0.2, 0) is 4.18 Å². The Bertz CT molecular complexity index is 408. The molecular weight excluding hydrogens is 334 g/mol. The molecule has 0 aliphatic carbocycles. The highest BCUT2D eigenvalue weighted by atomic mass is 35.5. The van der Waals surface area contributed by atoms with Crippen molar-refractivity contribution < 1.29 is 13.1 Å². The minimum atomic E-state index is -2.90. The summed E-state index contributed by atoms with van der Waals surface area (Å²) in [7, 11) is 1.65. The van der Waals surface area contributed by atoms with Crippen molar-refractivity contribution in [1.82, 2.24) is 4.31 Å². The maximum atomic E-state index is 13.5. The summed E-state index contributed by atoms with van der Waals surface area (Å²) < 4.78 is 29.3. The highest BCUT2D eigenvalue weighted by Crippen LogP contribution is 2.59. The zero-order valence-electron chi connectivity index (χ0n) is 10.6. The quantitative estimate of drug-likeness (QED) is 0.607. The monoisotopic (exact) mass is 348 g/mol. The Morgan fingerprint density at radius 2 is 1.84 bits per heavy atom. The lowest BCUT2D eigenvalue weighted by Crippen LogP contribution is -2.34. The third kappa shape index (κ3) is 4.56. The van der Waals surface area contributed by atoms with E-state index in [4.69, 9.17) is 27.4 Å². The number of benzene rings is 1. The van der Waals surface area contributed by atoms with Crippen molar-refractivity contribution in [3.05, 3.63) is 30.3 Å². The third-order valence-electron chi connectivity index (χ3n) is 2.07. The summed E-state index contributed by atoms with van der Waals surface area (Å²) in [6.07, 6.45) is 0. The van der Waals surface area contributed by atoms with E-state index in [2.05, 4.69) is 0 Å². The number of hydrogen-bond donors (Lipinski definition) is 1. The van der Waals surface area contributed by atoms with Crippen molar-refractivity contribution in [3.63, 3.8) is 0 Å². The van der Waals surface area contributed by atoms with Crippen LogP contribution in [0.3, 0.4) is 0 Å². The van der Waals surface area contributed by atoms with Gasteiger partial charge in [0.15, 0.2) is 0 Å². The molecular formula is C10H15Cl2FN2O2S2. The van der Waals surface area contributed by atoms with Gasteiger partial charge in [-0.15, -0.1) is 0 Å². The van der Waals surface area contributed by atoms with Gasteiger partial charge in [0.1, 0.15) is 0 Å². The Labute approximate surface area is 128 Å². The number of rotatable bonds is 6. The summed E-state index contributed by atoms with van der Waals surface area (Å²) in [6.45, 7) is 0. The smallest absolute Gasteiger partial charge is 0.268 e.